The summed E-state index contributed by atoms with van der Waals surface area (Å²) in [7, 11) is 0. The lowest BCUT2D eigenvalue weighted by molar-refractivity contribution is 0.287. The quantitative estimate of drug-likeness (QED) is 0.819. The molecule has 1 aromatic carbocycles. The molecule has 2 nitrogen and oxygen atoms in total. The van der Waals surface area contributed by atoms with Crippen molar-refractivity contribution in [3.8, 4) is 0 Å². The average Bonchev–Trinajstić information content (AvgIpc) is 2.31. The zero-order chi connectivity index (χ0) is 13.0. The predicted octanol–water partition coefficient (Wildman–Crippen LogP) is 2.74. The minimum atomic E-state index is -0.813. The first-order chi connectivity index (χ1) is 8.72. The Morgan fingerprint density at radius 3 is 2.72 bits per heavy atom. The van der Waals surface area contributed by atoms with Crippen LogP contribution >= 0.6 is 0 Å². The van der Waals surface area contributed by atoms with Crippen molar-refractivity contribution in [2.45, 2.75) is 31.7 Å². The number of hydrogen-bond donors (Lipinski definition) is 2. The molecule has 1 aromatic rings. The van der Waals surface area contributed by atoms with E-state index in [4.69, 9.17) is 5.73 Å². The summed E-state index contributed by atoms with van der Waals surface area (Å²) in [4.78, 5) is 0. The van der Waals surface area contributed by atoms with Crippen molar-refractivity contribution in [1.82, 2.24) is 5.32 Å². The molecule has 1 aliphatic rings. The van der Waals surface area contributed by atoms with E-state index in [0.717, 1.165) is 24.9 Å². The van der Waals surface area contributed by atoms with Crippen molar-refractivity contribution in [3.05, 3.63) is 35.4 Å². The summed E-state index contributed by atoms with van der Waals surface area (Å²) in [5.74, 6) is -0.802. The van der Waals surface area contributed by atoms with Gasteiger partial charge in [0, 0.05) is 18.2 Å². The maximum atomic E-state index is 13.6. The van der Waals surface area contributed by atoms with E-state index in [1.165, 1.54) is 25.3 Å². The van der Waals surface area contributed by atoms with Crippen molar-refractivity contribution in [2.24, 2.45) is 11.7 Å². The Bertz CT molecular complexity index is 391. The van der Waals surface area contributed by atoms with E-state index >= 15 is 0 Å². The Morgan fingerprint density at radius 1 is 1.33 bits per heavy atom. The largest absolute Gasteiger partial charge is 0.329 e. The van der Waals surface area contributed by atoms with Gasteiger partial charge in [-0.05, 0) is 24.9 Å². The minimum absolute atomic E-state index is 0.269. The smallest absolute Gasteiger partial charge is 0.163 e. The lowest BCUT2D eigenvalue weighted by Crippen LogP contribution is -2.31. The fourth-order valence-corrected chi connectivity index (χ4v) is 2.35. The van der Waals surface area contributed by atoms with E-state index < -0.39 is 11.6 Å². The molecule has 0 amide bonds. The summed E-state index contributed by atoms with van der Waals surface area (Å²) < 4.78 is 26.8. The molecule has 0 aromatic heterocycles. The molecule has 1 atom stereocenters. The van der Waals surface area contributed by atoms with Crippen molar-refractivity contribution in [3.63, 3.8) is 0 Å². The first kappa shape index (κ1) is 13.4. The van der Waals surface area contributed by atoms with Crippen LogP contribution in [-0.4, -0.2) is 13.1 Å². The van der Waals surface area contributed by atoms with Crippen LogP contribution in [0.5, 0.6) is 0 Å². The first-order valence-corrected chi connectivity index (χ1v) is 6.59. The fourth-order valence-electron chi connectivity index (χ4n) is 2.35. The van der Waals surface area contributed by atoms with Crippen molar-refractivity contribution < 1.29 is 8.78 Å². The second-order valence-corrected chi connectivity index (χ2v) is 4.97. The average molecular weight is 254 g/mol. The van der Waals surface area contributed by atoms with E-state index in [1.807, 2.05) is 0 Å². The molecule has 1 fully saturated rings. The van der Waals surface area contributed by atoms with Crippen LogP contribution in [0.4, 0.5) is 8.78 Å². The number of halogens is 2. The predicted molar refractivity (Wildman–Crippen MR) is 68.1 cm³/mol. The third-order valence-electron chi connectivity index (χ3n) is 3.76. The van der Waals surface area contributed by atoms with Crippen LogP contribution in [0.1, 0.15) is 37.3 Å². The summed E-state index contributed by atoms with van der Waals surface area (Å²) in [5, 5.41) is 3.22. The second kappa shape index (κ2) is 6.25. The molecule has 1 saturated carbocycles. The Hall–Kier alpha value is -1.00. The fraction of sp³-hybridized carbons (Fsp3) is 0.571. The molecule has 18 heavy (non-hydrogen) atoms. The molecule has 0 saturated heterocycles. The standard InChI is InChI=1S/C14H20F2N2/c15-12-6-2-5-11(14(12)16)13(9-17)18-8-7-10-3-1-4-10/h2,5-6,10,13,18H,1,3-4,7-9,17H2. The lowest BCUT2D eigenvalue weighted by Gasteiger charge is -2.26. The number of hydrogen-bond acceptors (Lipinski definition) is 2. The molecule has 1 unspecified atom stereocenters. The van der Waals surface area contributed by atoms with Crippen LogP contribution in [0.3, 0.4) is 0 Å². The van der Waals surface area contributed by atoms with Crippen LogP contribution in [0.25, 0.3) is 0 Å². The van der Waals surface area contributed by atoms with Crippen LogP contribution in [-0.2, 0) is 0 Å². The molecule has 1 aliphatic carbocycles. The highest BCUT2D eigenvalue weighted by Crippen LogP contribution is 2.29. The van der Waals surface area contributed by atoms with Crippen molar-refractivity contribution in [2.75, 3.05) is 13.1 Å². The van der Waals surface area contributed by atoms with Gasteiger partial charge in [0.05, 0.1) is 0 Å². The van der Waals surface area contributed by atoms with E-state index in [0.29, 0.717) is 5.56 Å². The molecule has 0 bridgehead atoms. The van der Waals surface area contributed by atoms with Crippen molar-refractivity contribution in [1.29, 1.82) is 0 Å². The van der Waals surface area contributed by atoms with Gasteiger partial charge < -0.3 is 11.1 Å². The van der Waals surface area contributed by atoms with Gasteiger partial charge in [0.25, 0.3) is 0 Å². The lowest BCUT2D eigenvalue weighted by atomic mass is 9.83. The maximum Gasteiger partial charge on any atom is 0.163 e. The van der Waals surface area contributed by atoms with Crippen LogP contribution in [0.2, 0.25) is 0 Å². The van der Waals surface area contributed by atoms with Gasteiger partial charge in [-0.15, -0.1) is 0 Å². The Morgan fingerprint density at radius 2 is 2.11 bits per heavy atom. The van der Waals surface area contributed by atoms with Crippen LogP contribution in [0.15, 0.2) is 18.2 Å². The van der Waals surface area contributed by atoms with Crippen LogP contribution in [0, 0.1) is 17.6 Å². The highest BCUT2D eigenvalue weighted by molar-refractivity contribution is 5.22. The first-order valence-electron chi connectivity index (χ1n) is 6.59. The normalized spacial score (nSPS) is 17.5. The van der Waals surface area contributed by atoms with Gasteiger partial charge in [-0.3, -0.25) is 0 Å². The number of nitrogens with one attached hydrogen (secondary N) is 1. The molecule has 3 N–H and O–H groups in total. The summed E-state index contributed by atoms with van der Waals surface area (Å²) in [6.45, 7) is 1.08. The van der Waals surface area contributed by atoms with Gasteiger partial charge in [-0.2, -0.15) is 0 Å². The van der Waals surface area contributed by atoms with Gasteiger partial charge in [0.2, 0.25) is 0 Å². The molecule has 0 heterocycles. The van der Waals surface area contributed by atoms with Gasteiger partial charge >= 0.3 is 0 Å². The number of benzene rings is 1. The second-order valence-electron chi connectivity index (χ2n) is 4.97. The highest BCUT2D eigenvalue weighted by atomic mass is 19.2. The number of nitrogens with two attached hydrogens (primary N) is 1. The molecular weight excluding hydrogens is 234 g/mol. The van der Waals surface area contributed by atoms with Gasteiger partial charge in [-0.1, -0.05) is 31.4 Å². The van der Waals surface area contributed by atoms with Crippen LogP contribution < -0.4 is 11.1 Å². The number of rotatable bonds is 6. The summed E-state index contributed by atoms with van der Waals surface area (Å²) in [5.41, 5.74) is 5.96. The van der Waals surface area contributed by atoms with E-state index in [-0.39, 0.29) is 12.6 Å². The molecule has 4 heteroatoms. The van der Waals surface area contributed by atoms with E-state index in [2.05, 4.69) is 5.32 Å². The Labute approximate surface area is 107 Å². The molecule has 2 rings (SSSR count). The summed E-state index contributed by atoms with van der Waals surface area (Å²) in [6, 6.07) is 3.93. The molecule has 0 aliphatic heterocycles. The topological polar surface area (TPSA) is 38.0 Å². The molecule has 0 radical (unpaired) electrons. The summed E-state index contributed by atoms with van der Waals surface area (Å²) in [6.07, 6.45) is 5.00. The Kier molecular flexibility index (Phi) is 4.66. The zero-order valence-electron chi connectivity index (χ0n) is 10.5. The molecule has 0 spiro atoms. The highest BCUT2D eigenvalue weighted by Gasteiger charge is 2.19. The third-order valence-corrected chi connectivity index (χ3v) is 3.76. The van der Waals surface area contributed by atoms with Gasteiger partial charge in [-0.25, -0.2) is 8.78 Å². The van der Waals surface area contributed by atoms with E-state index in [1.54, 1.807) is 6.07 Å². The molecular formula is C14H20F2N2. The van der Waals surface area contributed by atoms with Crippen molar-refractivity contribution >= 4 is 0 Å². The minimum Gasteiger partial charge on any atom is -0.329 e. The molecule has 100 valence electrons. The van der Waals surface area contributed by atoms with Gasteiger partial charge in [0.15, 0.2) is 11.6 Å². The summed E-state index contributed by atoms with van der Waals surface area (Å²) >= 11 is 0. The van der Waals surface area contributed by atoms with E-state index in [9.17, 15) is 8.78 Å². The Balaban J connectivity index is 1.92. The zero-order valence-corrected chi connectivity index (χ0v) is 10.5. The third kappa shape index (κ3) is 3.06. The SMILES string of the molecule is NCC(NCCC1CCC1)c1cccc(F)c1F. The monoisotopic (exact) mass is 254 g/mol. The van der Waals surface area contributed by atoms with Gasteiger partial charge in [0.1, 0.15) is 0 Å². The maximum absolute atomic E-state index is 13.6.